The summed E-state index contributed by atoms with van der Waals surface area (Å²) in [5.41, 5.74) is -0.657. The summed E-state index contributed by atoms with van der Waals surface area (Å²) in [5, 5.41) is 13.8. The number of aliphatic hydroxyl groups is 1. The molecule has 0 aromatic heterocycles. The van der Waals surface area contributed by atoms with Gasteiger partial charge in [0.25, 0.3) is 0 Å². The smallest absolute Gasteiger partial charge is 0.105 e. The molecule has 0 spiro atoms. The van der Waals surface area contributed by atoms with Gasteiger partial charge < -0.3 is 20.1 Å². The van der Waals surface area contributed by atoms with E-state index >= 15 is 0 Å². The van der Waals surface area contributed by atoms with Crippen LogP contribution in [0, 0.1) is 0 Å². The number of ether oxygens (including phenoxy) is 1. The standard InChI is InChI=1S/C12H24N2O2/c1-10-12(15,5-7-16-10)9-13-11-4-3-6-14(2)8-11/h10-11,13,15H,3-9H2,1-2H3. The molecule has 0 saturated carbocycles. The molecule has 2 aliphatic rings. The van der Waals surface area contributed by atoms with Gasteiger partial charge in [-0.05, 0) is 33.4 Å². The van der Waals surface area contributed by atoms with E-state index in [1.165, 1.54) is 19.4 Å². The maximum atomic E-state index is 10.4. The van der Waals surface area contributed by atoms with Crippen LogP contribution in [-0.2, 0) is 4.74 Å². The fraction of sp³-hybridized carbons (Fsp3) is 1.00. The van der Waals surface area contributed by atoms with Gasteiger partial charge >= 0.3 is 0 Å². The summed E-state index contributed by atoms with van der Waals surface area (Å²) < 4.78 is 5.43. The Balaban J connectivity index is 1.78. The Morgan fingerprint density at radius 3 is 3.00 bits per heavy atom. The van der Waals surface area contributed by atoms with Crippen LogP contribution in [0.5, 0.6) is 0 Å². The average molecular weight is 228 g/mol. The predicted octanol–water partition coefficient (Wildman–Crippen LogP) is 0.210. The number of hydrogen-bond donors (Lipinski definition) is 2. The summed E-state index contributed by atoms with van der Waals surface area (Å²) in [7, 11) is 2.16. The largest absolute Gasteiger partial charge is 0.386 e. The Morgan fingerprint density at radius 1 is 1.56 bits per heavy atom. The molecule has 2 aliphatic heterocycles. The zero-order valence-electron chi connectivity index (χ0n) is 10.4. The third kappa shape index (κ3) is 2.74. The van der Waals surface area contributed by atoms with Crippen molar-refractivity contribution in [3.05, 3.63) is 0 Å². The highest BCUT2D eigenvalue weighted by Crippen LogP contribution is 2.25. The van der Waals surface area contributed by atoms with Crippen LogP contribution in [-0.4, -0.2) is 61.0 Å². The molecular weight excluding hydrogens is 204 g/mol. The number of rotatable bonds is 3. The van der Waals surface area contributed by atoms with E-state index < -0.39 is 5.60 Å². The topological polar surface area (TPSA) is 44.7 Å². The van der Waals surface area contributed by atoms with Crippen LogP contribution in [0.15, 0.2) is 0 Å². The molecule has 3 atom stereocenters. The molecule has 4 heteroatoms. The van der Waals surface area contributed by atoms with Crippen LogP contribution >= 0.6 is 0 Å². The molecule has 2 fully saturated rings. The lowest BCUT2D eigenvalue weighted by molar-refractivity contribution is -0.0288. The fourth-order valence-corrected chi connectivity index (χ4v) is 2.66. The van der Waals surface area contributed by atoms with Gasteiger partial charge in [0, 0.05) is 32.2 Å². The van der Waals surface area contributed by atoms with Crippen molar-refractivity contribution in [1.29, 1.82) is 0 Å². The minimum Gasteiger partial charge on any atom is -0.386 e. The Labute approximate surface area is 98.0 Å². The van der Waals surface area contributed by atoms with Gasteiger partial charge in [-0.15, -0.1) is 0 Å². The second-order valence-corrected chi connectivity index (χ2v) is 5.35. The van der Waals surface area contributed by atoms with Crippen LogP contribution in [0.3, 0.4) is 0 Å². The van der Waals surface area contributed by atoms with E-state index in [2.05, 4.69) is 17.3 Å². The van der Waals surface area contributed by atoms with Crippen molar-refractivity contribution in [1.82, 2.24) is 10.2 Å². The number of nitrogens with zero attached hydrogens (tertiary/aromatic N) is 1. The maximum absolute atomic E-state index is 10.4. The zero-order valence-corrected chi connectivity index (χ0v) is 10.4. The summed E-state index contributed by atoms with van der Waals surface area (Å²) in [6.07, 6.45) is 3.18. The van der Waals surface area contributed by atoms with Gasteiger partial charge in [0.1, 0.15) is 5.60 Å². The Bertz CT molecular complexity index is 237. The first kappa shape index (κ1) is 12.3. The molecule has 94 valence electrons. The Morgan fingerprint density at radius 2 is 2.38 bits per heavy atom. The van der Waals surface area contributed by atoms with Gasteiger partial charge in [-0.2, -0.15) is 0 Å². The molecule has 0 aromatic carbocycles. The molecule has 2 heterocycles. The first-order chi connectivity index (χ1) is 7.60. The fourth-order valence-electron chi connectivity index (χ4n) is 2.66. The summed E-state index contributed by atoms with van der Waals surface area (Å²) in [6.45, 7) is 5.59. The highest BCUT2D eigenvalue weighted by Gasteiger charge is 2.39. The second-order valence-electron chi connectivity index (χ2n) is 5.35. The Hall–Kier alpha value is -0.160. The van der Waals surface area contributed by atoms with Gasteiger partial charge in [-0.1, -0.05) is 0 Å². The van der Waals surface area contributed by atoms with Gasteiger partial charge in [0.2, 0.25) is 0 Å². The van der Waals surface area contributed by atoms with Crippen LogP contribution in [0.1, 0.15) is 26.2 Å². The highest BCUT2D eigenvalue weighted by molar-refractivity contribution is 4.93. The molecule has 2 rings (SSSR count). The SMILES string of the molecule is CC1OCCC1(O)CNC1CCCN(C)C1. The lowest BCUT2D eigenvalue weighted by atomic mass is 9.95. The number of piperidine rings is 1. The van der Waals surface area contributed by atoms with Crippen molar-refractivity contribution in [2.24, 2.45) is 0 Å². The van der Waals surface area contributed by atoms with Crippen molar-refractivity contribution in [2.45, 2.75) is 43.9 Å². The first-order valence-corrected chi connectivity index (χ1v) is 6.36. The van der Waals surface area contributed by atoms with Gasteiger partial charge in [0.05, 0.1) is 6.10 Å². The molecule has 2 saturated heterocycles. The summed E-state index contributed by atoms with van der Waals surface area (Å²) in [4.78, 5) is 2.35. The van der Waals surface area contributed by atoms with E-state index in [4.69, 9.17) is 4.74 Å². The minimum absolute atomic E-state index is 0.0404. The third-order valence-corrected chi connectivity index (χ3v) is 3.98. The summed E-state index contributed by atoms with van der Waals surface area (Å²) in [5.74, 6) is 0. The van der Waals surface area contributed by atoms with Crippen molar-refractivity contribution in [3.63, 3.8) is 0 Å². The highest BCUT2D eigenvalue weighted by atomic mass is 16.5. The number of hydrogen-bond acceptors (Lipinski definition) is 4. The predicted molar refractivity (Wildman–Crippen MR) is 63.5 cm³/mol. The van der Waals surface area contributed by atoms with Crippen molar-refractivity contribution in [2.75, 3.05) is 33.3 Å². The molecule has 0 bridgehead atoms. The lowest BCUT2D eigenvalue weighted by Crippen LogP contribution is -2.52. The van der Waals surface area contributed by atoms with E-state index in [0.717, 1.165) is 13.0 Å². The van der Waals surface area contributed by atoms with E-state index in [1.54, 1.807) is 0 Å². The van der Waals surface area contributed by atoms with Crippen LogP contribution in [0.4, 0.5) is 0 Å². The van der Waals surface area contributed by atoms with E-state index in [1.807, 2.05) is 6.92 Å². The number of nitrogens with one attached hydrogen (secondary N) is 1. The van der Waals surface area contributed by atoms with E-state index in [9.17, 15) is 5.11 Å². The van der Waals surface area contributed by atoms with Gasteiger partial charge in [0.15, 0.2) is 0 Å². The molecule has 16 heavy (non-hydrogen) atoms. The second kappa shape index (κ2) is 5.00. The van der Waals surface area contributed by atoms with Crippen molar-refractivity contribution >= 4 is 0 Å². The lowest BCUT2D eigenvalue weighted by Gasteiger charge is -2.34. The number of likely N-dealkylation sites (N-methyl/N-ethyl adjacent to an activating group) is 1. The van der Waals surface area contributed by atoms with Crippen molar-refractivity contribution < 1.29 is 9.84 Å². The first-order valence-electron chi connectivity index (χ1n) is 6.36. The molecule has 4 nitrogen and oxygen atoms in total. The quantitative estimate of drug-likeness (QED) is 0.725. The molecule has 0 aliphatic carbocycles. The summed E-state index contributed by atoms with van der Waals surface area (Å²) >= 11 is 0. The van der Waals surface area contributed by atoms with Crippen molar-refractivity contribution in [3.8, 4) is 0 Å². The molecular formula is C12H24N2O2. The van der Waals surface area contributed by atoms with Crippen LogP contribution in [0.25, 0.3) is 0 Å². The average Bonchev–Trinajstić information content (AvgIpc) is 2.58. The minimum atomic E-state index is -0.657. The monoisotopic (exact) mass is 228 g/mol. The van der Waals surface area contributed by atoms with Gasteiger partial charge in [-0.25, -0.2) is 0 Å². The molecule has 0 radical (unpaired) electrons. The third-order valence-electron chi connectivity index (χ3n) is 3.98. The maximum Gasteiger partial charge on any atom is 0.105 e. The zero-order chi connectivity index (χ0) is 11.6. The van der Waals surface area contributed by atoms with E-state index in [0.29, 0.717) is 19.2 Å². The Kier molecular flexibility index (Phi) is 3.85. The molecule has 3 unspecified atom stereocenters. The molecule has 0 amide bonds. The van der Waals surface area contributed by atoms with Crippen LogP contribution in [0.2, 0.25) is 0 Å². The molecule has 2 N–H and O–H groups in total. The normalized spacial score (nSPS) is 41.4. The van der Waals surface area contributed by atoms with E-state index in [-0.39, 0.29) is 6.10 Å². The van der Waals surface area contributed by atoms with Gasteiger partial charge in [-0.3, -0.25) is 0 Å². The summed E-state index contributed by atoms with van der Waals surface area (Å²) in [6, 6.07) is 0.524. The molecule has 0 aromatic rings. The number of likely N-dealkylation sites (tertiary alicyclic amines) is 1. The van der Waals surface area contributed by atoms with Crippen LogP contribution < -0.4 is 5.32 Å².